The van der Waals surface area contributed by atoms with Gasteiger partial charge < -0.3 is 19.3 Å². The Morgan fingerprint density at radius 1 is 0.926 bits per heavy atom. The van der Waals surface area contributed by atoms with Gasteiger partial charge in [0.05, 0.1) is 23.0 Å². The van der Waals surface area contributed by atoms with Crippen LogP contribution in [0.1, 0.15) is 54.3 Å². The molecule has 0 amide bonds. The minimum atomic E-state index is -1.25. The SMILES string of the molecule is CCC(C)(C)C(=O)OCCOC(=O)CCOC(=O)c1ccccc1C(=O)O. The fourth-order valence-corrected chi connectivity index (χ4v) is 1.85. The van der Waals surface area contributed by atoms with E-state index in [1.165, 1.54) is 24.3 Å². The van der Waals surface area contributed by atoms with E-state index < -0.39 is 23.3 Å². The Labute approximate surface area is 157 Å². The summed E-state index contributed by atoms with van der Waals surface area (Å²) in [6, 6.07) is 5.62. The number of carbonyl (C=O) groups is 4. The fourth-order valence-electron chi connectivity index (χ4n) is 1.85. The van der Waals surface area contributed by atoms with Crippen molar-refractivity contribution in [3.8, 4) is 0 Å². The second-order valence-electron chi connectivity index (χ2n) is 6.33. The zero-order valence-electron chi connectivity index (χ0n) is 15.6. The molecule has 0 aliphatic rings. The monoisotopic (exact) mass is 380 g/mol. The van der Waals surface area contributed by atoms with Gasteiger partial charge in [0.2, 0.25) is 0 Å². The van der Waals surface area contributed by atoms with Crippen LogP contribution in [0.5, 0.6) is 0 Å². The molecule has 1 aromatic rings. The Morgan fingerprint density at radius 2 is 1.52 bits per heavy atom. The van der Waals surface area contributed by atoms with Crippen LogP contribution >= 0.6 is 0 Å². The highest BCUT2D eigenvalue weighted by Gasteiger charge is 2.26. The van der Waals surface area contributed by atoms with Gasteiger partial charge >= 0.3 is 23.9 Å². The van der Waals surface area contributed by atoms with E-state index in [0.717, 1.165) is 0 Å². The molecule has 1 N–H and O–H groups in total. The van der Waals surface area contributed by atoms with Gasteiger partial charge in [0.15, 0.2) is 0 Å². The predicted molar refractivity (Wildman–Crippen MR) is 94.3 cm³/mol. The van der Waals surface area contributed by atoms with Crippen molar-refractivity contribution in [2.45, 2.75) is 33.6 Å². The van der Waals surface area contributed by atoms with Crippen molar-refractivity contribution >= 4 is 23.9 Å². The minimum absolute atomic E-state index is 0.0558. The highest BCUT2D eigenvalue weighted by atomic mass is 16.6. The van der Waals surface area contributed by atoms with E-state index in [-0.39, 0.29) is 43.3 Å². The number of aromatic carboxylic acids is 1. The molecule has 8 nitrogen and oxygen atoms in total. The molecule has 0 saturated heterocycles. The average molecular weight is 380 g/mol. The van der Waals surface area contributed by atoms with E-state index >= 15 is 0 Å². The van der Waals surface area contributed by atoms with Gasteiger partial charge in [-0.25, -0.2) is 9.59 Å². The molecule has 1 aromatic carbocycles. The van der Waals surface area contributed by atoms with Crippen molar-refractivity contribution < 1.29 is 38.5 Å². The first-order valence-corrected chi connectivity index (χ1v) is 8.51. The molecule has 0 radical (unpaired) electrons. The third-order valence-corrected chi connectivity index (χ3v) is 3.93. The van der Waals surface area contributed by atoms with Gasteiger partial charge in [0.1, 0.15) is 19.8 Å². The molecule has 0 spiro atoms. The van der Waals surface area contributed by atoms with Crippen LogP contribution in [0.25, 0.3) is 0 Å². The molecule has 0 aliphatic heterocycles. The topological polar surface area (TPSA) is 116 Å². The van der Waals surface area contributed by atoms with Crippen LogP contribution in [-0.2, 0) is 23.8 Å². The van der Waals surface area contributed by atoms with Gasteiger partial charge in [-0.15, -0.1) is 0 Å². The highest BCUT2D eigenvalue weighted by Crippen LogP contribution is 2.21. The molecule has 0 aliphatic carbocycles. The summed E-state index contributed by atoms with van der Waals surface area (Å²) >= 11 is 0. The lowest BCUT2D eigenvalue weighted by atomic mass is 9.91. The van der Waals surface area contributed by atoms with E-state index in [4.69, 9.17) is 19.3 Å². The summed E-state index contributed by atoms with van der Waals surface area (Å²) in [4.78, 5) is 46.3. The van der Waals surface area contributed by atoms with Crippen LogP contribution in [-0.4, -0.2) is 48.8 Å². The number of rotatable bonds is 10. The van der Waals surface area contributed by atoms with Gasteiger partial charge in [0.25, 0.3) is 0 Å². The molecule has 0 saturated carbocycles. The lowest BCUT2D eigenvalue weighted by molar-refractivity contribution is -0.159. The number of carbonyl (C=O) groups excluding carboxylic acids is 3. The van der Waals surface area contributed by atoms with Crippen LogP contribution in [0, 0.1) is 5.41 Å². The van der Waals surface area contributed by atoms with Gasteiger partial charge in [-0.2, -0.15) is 0 Å². The summed E-state index contributed by atoms with van der Waals surface area (Å²) in [7, 11) is 0. The van der Waals surface area contributed by atoms with Crippen LogP contribution in [0.15, 0.2) is 24.3 Å². The molecule has 0 heterocycles. The molecule has 0 atom stereocenters. The Bertz CT molecular complexity index is 693. The van der Waals surface area contributed by atoms with Crippen molar-refractivity contribution in [2.75, 3.05) is 19.8 Å². The molecule has 0 bridgehead atoms. The van der Waals surface area contributed by atoms with Crippen molar-refractivity contribution in [2.24, 2.45) is 5.41 Å². The zero-order valence-corrected chi connectivity index (χ0v) is 15.6. The normalized spacial score (nSPS) is 10.8. The van der Waals surface area contributed by atoms with Gasteiger partial charge in [-0.3, -0.25) is 9.59 Å². The summed E-state index contributed by atoms with van der Waals surface area (Å²) in [5, 5.41) is 9.04. The Kier molecular flexibility index (Phi) is 8.44. The van der Waals surface area contributed by atoms with Gasteiger partial charge in [0, 0.05) is 0 Å². The molecule has 148 valence electrons. The first-order chi connectivity index (χ1) is 12.7. The third-order valence-electron chi connectivity index (χ3n) is 3.93. The highest BCUT2D eigenvalue weighted by molar-refractivity contribution is 6.02. The number of esters is 3. The van der Waals surface area contributed by atoms with E-state index in [2.05, 4.69) is 0 Å². The maximum Gasteiger partial charge on any atom is 0.339 e. The molecule has 0 unspecified atom stereocenters. The van der Waals surface area contributed by atoms with Crippen molar-refractivity contribution in [3.63, 3.8) is 0 Å². The molecule has 27 heavy (non-hydrogen) atoms. The number of hydrogen-bond donors (Lipinski definition) is 1. The van der Waals surface area contributed by atoms with E-state index in [0.29, 0.717) is 6.42 Å². The smallest absolute Gasteiger partial charge is 0.339 e. The maximum absolute atomic E-state index is 11.9. The number of ether oxygens (including phenoxy) is 3. The number of carboxylic acid groups (broad SMARTS) is 1. The second kappa shape index (κ2) is 10.3. The Morgan fingerprint density at radius 3 is 2.11 bits per heavy atom. The number of benzene rings is 1. The summed E-state index contributed by atoms with van der Waals surface area (Å²) < 4.78 is 14.8. The molecular formula is C19H24O8. The molecule has 0 fully saturated rings. The van der Waals surface area contributed by atoms with Crippen molar-refractivity contribution in [3.05, 3.63) is 35.4 Å². The molecule has 0 aromatic heterocycles. The van der Waals surface area contributed by atoms with Crippen LogP contribution < -0.4 is 0 Å². The van der Waals surface area contributed by atoms with E-state index in [9.17, 15) is 19.2 Å². The standard InChI is InChI=1S/C19H24O8/c1-4-19(2,3)18(24)27-12-11-25-15(20)9-10-26-17(23)14-8-6-5-7-13(14)16(21)22/h5-8H,4,9-12H2,1-3H3,(H,21,22). The predicted octanol–water partition coefficient (Wildman–Crippen LogP) is 2.45. The maximum atomic E-state index is 11.9. The van der Waals surface area contributed by atoms with Crippen LogP contribution in [0.2, 0.25) is 0 Å². The van der Waals surface area contributed by atoms with Gasteiger partial charge in [-0.05, 0) is 32.4 Å². The zero-order chi connectivity index (χ0) is 20.4. The number of hydrogen-bond acceptors (Lipinski definition) is 7. The summed E-state index contributed by atoms with van der Waals surface area (Å²) in [5.74, 6) is -3.08. The summed E-state index contributed by atoms with van der Waals surface area (Å²) in [6.45, 7) is 4.99. The minimum Gasteiger partial charge on any atom is -0.478 e. The second-order valence-corrected chi connectivity index (χ2v) is 6.33. The lowest BCUT2D eigenvalue weighted by Gasteiger charge is -2.20. The van der Waals surface area contributed by atoms with E-state index in [1.807, 2.05) is 6.92 Å². The molecular weight excluding hydrogens is 356 g/mol. The van der Waals surface area contributed by atoms with Crippen molar-refractivity contribution in [1.29, 1.82) is 0 Å². The Balaban J connectivity index is 2.31. The first kappa shape index (κ1) is 22.1. The fraction of sp³-hybridized carbons (Fsp3) is 0.474. The average Bonchev–Trinajstić information content (AvgIpc) is 2.64. The largest absolute Gasteiger partial charge is 0.478 e. The Hall–Kier alpha value is -2.90. The van der Waals surface area contributed by atoms with Gasteiger partial charge in [-0.1, -0.05) is 19.1 Å². The summed E-state index contributed by atoms with van der Waals surface area (Å²) in [5.41, 5.74) is -0.865. The number of carboxylic acids is 1. The first-order valence-electron chi connectivity index (χ1n) is 8.51. The van der Waals surface area contributed by atoms with Crippen molar-refractivity contribution in [1.82, 2.24) is 0 Å². The molecule has 1 rings (SSSR count). The van der Waals surface area contributed by atoms with E-state index in [1.54, 1.807) is 13.8 Å². The summed E-state index contributed by atoms with van der Waals surface area (Å²) in [6.07, 6.45) is 0.428. The quantitative estimate of drug-likeness (QED) is 0.374. The third kappa shape index (κ3) is 7.08. The lowest BCUT2D eigenvalue weighted by Crippen LogP contribution is -2.27. The van der Waals surface area contributed by atoms with Crippen LogP contribution in [0.4, 0.5) is 0 Å². The molecule has 8 heteroatoms. The van der Waals surface area contributed by atoms with Crippen LogP contribution in [0.3, 0.4) is 0 Å².